The number of rotatable bonds is 8. The fourth-order valence-electron chi connectivity index (χ4n) is 2.50. The molecule has 0 aromatic heterocycles. The normalized spacial score (nSPS) is 26.0. The average Bonchev–Trinajstić information content (AvgIpc) is 2.70. The standard InChI is InChI=1S/C13H27NO/c1-3-10-15-11-6-9-14-13-8-5-7-12(13)4-2/h12-14H,3-11H2,1-2H3. The van der Waals surface area contributed by atoms with Crippen LogP contribution in [0.2, 0.25) is 0 Å². The molecule has 1 aliphatic carbocycles. The SMILES string of the molecule is CCCOCCCNC1CCCC1CC. The molecule has 2 nitrogen and oxygen atoms in total. The summed E-state index contributed by atoms with van der Waals surface area (Å²) >= 11 is 0. The van der Waals surface area contributed by atoms with Gasteiger partial charge in [0.25, 0.3) is 0 Å². The van der Waals surface area contributed by atoms with E-state index in [1.807, 2.05) is 0 Å². The summed E-state index contributed by atoms with van der Waals surface area (Å²) in [7, 11) is 0. The first kappa shape index (κ1) is 13.0. The van der Waals surface area contributed by atoms with E-state index in [0.29, 0.717) is 0 Å². The van der Waals surface area contributed by atoms with Crippen LogP contribution in [0.25, 0.3) is 0 Å². The van der Waals surface area contributed by atoms with E-state index in [0.717, 1.165) is 44.6 Å². The molecule has 2 heteroatoms. The minimum atomic E-state index is 0.793. The molecule has 1 N–H and O–H groups in total. The third-order valence-corrected chi connectivity index (χ3v) is 3.40. The maximum atomic E-state index is 5.46. The molecule has 0 aliphatic heterocycles. The third kappa shape index (κ3) is 4.98. The Morgan fingerprint density at radius 2 is 2.07 bits per heavy atom. The van der Waals surface area contributed by atoms with Gasteiger partial charge in [0.1, 0.15) is 0 Å². The second-order valence-electron chi connectivity index (χ2n) is 4.63. The minimum absolute atomic E-state index is 0.793. The van der Waals surface area contributed by atoms with Crippen LogP contribution in [0.3, 0.4) is 0 Å². The Bertz CT molecular complexity index is 149. The molecule has 0 saturated heterocycles. The van der Waals surface area contributed by atoms with Gasteiger partial charge in [-0.25, -0.2) is 0 Å². The molecule has 0 amide bonds. The minimum Gasteiger partial charge on any atom is -0.381 e. The Labute approximate surface area is 94.8 Å². The van der Waals surface area contributed by atoms with Crippen molar-refractivity contribution in [2.45, 2.75) is 58.4 Å². The van der Waals surface area contributed by atoms with Crippen LogP contribution < -0.4 is 5.32 Å². The highest BCUT2D eigenvalue weighted by Crippen LogP contribution is 2.27. The predicted molar refractivity (Wildman–Crippen MR) is 65.1 cm³/mol. The lowest BCUT2D eigenvalue weighted by Gasteiger charge is -2.19. The summed E-state index contributed by atoms with van der Waals surface area (Å²) < 4.78 is 5.46. The van der Waals surface area contributed by atoms with Crippen molar-refractivity contribution >= 4 is 0 Å². The zero-order valence-corrected chi connectivity index (χ0v) is 10.4. The van der Waals surface area contributed by atoms with Gasteiger partial charge < -0.3 is 10.1 Å². The van der Waals surface area contributed by atoms with Crippen molar-refractivity contribution in [1.29, 1.82) is 0 Å². The highest BCUT2D eigenvalue weighted by molar-refractivity contribution is 4.81. The van der Waals surface area contributed by atoms with Gasteiger partial charge in [0.2, 0.25) is 0 Å². The van der Waals surface area contributed by atoms with E-state index in [-0.39, 0.29) is 0 Å². The first-order valence-electron chi connectivity index (χ1n) is 6.69. The second-order valence-corrected chi connectivity index (χ2v) is 4.63. The monoisotopic (exact) mass is 213 g/mol. The van der Waals surface area contributed by atoms with E-state index in [9.17, 15) is 0 Å². The summed E-state index contributed by atoms with van der Waals surface area (Å²) in [4.78, 5) is 0. The second kappa shape index (κ2) is 8.12. The van der Waals surface area contributed by atoms with Crippen LogP contribution in [0.4, 0.5) is 0 Å². The van der Waals surface area contributed by atoms with Crippen LogP contribution in [0.5, 0.6) is 0 Å². The van der Waals surface area contributed by atoms with E-state index in [1.54, 1.807) is 0 Å². The summed E-state index contributed by atoms with van der Waals surface area (Å²) in [6.45, 7) is 7.44. The molecule has 0 bridgehead atoms. The fraction of sp³-hybridized carbons (Fsp3) is 1.00. The zero-order valence-electron chi connectivity index (χ0n) is 10.4. The van der Waals surface area contributed by atoms with Crippen LogP contribution in [0.15, 0.2) is 0 Å². The highest BCUT2D eigenvalue weighted by Gasteiger charge is 2.24. The van der Waals surface area contributed by atoms with Crippen molar-refractivity contribution in [1.82, 2.24) is 5.32 Å². The smallest absolute Gasteiger partial charge is 0.0478 e. The van der Waals surface area contributed by atoms with E-state index < -0.39 is 0 Å². The summed E-state index contributed by atoms with van der Waals surface area (Å²) in [5.41, 5.74) is 0. The van der Waals surface area contributed by atoms with Gasteiger partial charge in [-0.2, -0.15) is 0 Å². The van der Waals surface area contributed by atoms with Crippen LogP contribution >= 0.6 is 0 Å². The Kier molecular flexibility index (Phi) is 7.03. The van der Waals surface area contributed by atoms with Gasteiger partial charge in [0, 0.05) is 19.3 Å². The summed E-state index contributed by atoms with van der Waals surface area (Å²) in [6.07, 6.45) is 7.86. The Morgan fingerprint density at radius 1 is 1.20 bits per heavy atom. The molecule has 2 unspecified atom stereocenters. The lowest BCUT2D eigenvalue weighted by molar-refractivity contribution is 0.131. The molecular formula is C13H27NO. The van der Waals surface area contributed by atoms with Gasteiger partial charge in [-0.3, -0.25) is 0 Å². The summed E-state index contributed by atoms with van der Waals surface area (Å²) in [5, 5.41) is 3.68. The molecular weight excluding hydrogens is 186 g/mol. The molecule has 0 aromatic carbocycles. The van der Waals surface area contributed by atoms with Crippen molar-refractivity contribution < 1.29 is 4.74 Å². The maximum Gasteiger partial charge on any atom is 0.0478 e. The quantitative estimate of drug-likeness (QED) is 0.626. The maximum absolute atomic E-state index is 5.46. The molecule has 0 aromatic rings. The first-order valence-corrected chi connectivity index (χ1v) is 6.69. The highest BCUT2D eigenvalue weighted by atomic mass is 16.5. The molecule has 0 heterocycles. The summed E-state index contributed by atoms with van der Waals surface area (Å²) in [6, 6.07) is 0.793. The van der Waals surface area contributed by atoms with Crippen molar-refractivity contribution in [2.75, 3.05) is 19.8 Å². The topological polar surface area (TPSA) is 21.3 Å². The van der Waals surface area contributed by atoms with Crippen LogP contribution in [-0.4, -0.2) is 25.8 Å². The Balaban J connectivity index is 1.95. The van der Waals surface area contributed by atoms with Gasteiger partial charge in [0.05, 0.1) is 0 Å². The lowest BCUT2D eigenvalue weighted by atomic mass is 10.0. The van der Waals surface area contributed by atoms with Gasteiger partial charge in [-0.15, -0.1) is 0 Å². The van der Waals surface area contributed by atoms with Gasteiger partial charge in [-0.05, 0) is 38.1 Å². The molecule has 1 aliphatic rings. The number of hydrogen-bond donors (Lipinski definition) is 1. The molecule has 15 heavy (non-hydrogen) atoms. The number of hydrogen-bond acceptors (Lipinski definition) is 2. The van der Waals surface area contributed by atoms with E-state index in [4.69, 9.17) is 4.74 Å². The van der Waals surface area contributed by atoms with Crippen molar-refractivity contribution in [3.63, 3.8) is 0 Å². The van der Waals surface area contributed by atoms with E-state index >= 15 is 0 Å². The van der Waals surface area contributed by atoms with Gasteiger partial charge in [-0.1, -0.05) is 26.7 Å². The predicted octanol–water partition coefficient (Wildman–Crippen LogP) is 2.97. The largest absolute Gasteiger partial charge is 0.381 e. The van der Waals surface area contributed by atoms with Gasteiger partial charge >= 0.3 is 0 Å². The Morgan fingerprint density at radius 3 is 2.80 bits per heavy atom. The fourth-order valence-corrected chi connectivity index (χ4v) is 2.50. The van der Waals surface area contributed by atoms with Crippen molar-refractivity contribution in [2.24, 2.45) is 5.92 Å². The molecule has 2 atom stereocenters. The van der Waals surface area contributed by atoms with E-state index in [2.05, 4.69) is 19.2 Å². The molecule has 1 saturated carbocycles. The van der Waals surface area contributed by atoms with Crippen LogP contribution in [0, 0.1) is 5.92 Å². The average molecular weight is 213 g/mol. The number of ether oxygens (including phenoxy) is 1. The van der Waals surface area contributed by atoms with Crippen LogP contribution in [0.1, 0.15) is 52.4 Å². The van der Waals surface area contributed by atoms with Gasteiger partial charge in [0.15, 0.2) is 0 Å². The Hall–Kier alpha value is -0.0800. The zero-order chi connectivity index (χ0) is 10.9. The van der Waals surface area contributed by atoms with Crippen molar-refractivity contribution in [3.8, 4) is 0 Å². The van der Waals surface area contributed by atoms with Crippen molar-refractivity contribution in [3.05, 3.63) is 0 Å². The molecule has 0 spiro atoms. The van der Waals surface area contributed by atoms with Crippen LogP contribution in [-0.2, 0) is 4.74 Å². The van der Waals surface area contributed by atoms with E-state index in [1.165, 1.54) is 25.7 Å². The molecule has 0 radical (unpaired) electrons. The third-order valence-electron chi connectivity index (χ3n) is 3.40. The lowest BCUT2D eigenvalue weighted by Crippen LogP contribution is -2.33. The molecule has 90 valence electrons. The number of nitrogens with one attached hydrogen (secondary N) is 1. The summed E-state index contributed by atoms with van der Waals surface area (Å²) in [5.74, 6) is 0.932. The molecule has 1 fully saturated rings. The first-order chi connectivity index (χ1) is 7.38. The molecule has 1 rings (SSSR count).